The van der Waals surface area contributed by atoms with Gasteiger partial charge in [-0.2, -0.15) is 0 Å². The van der Waals surface area contributed by atoms with Gasteiger partial charge in [-0.1, -0.05) is 91.0 Å². The van der Waals surface area contributed by atoms with Gasteiger partial charge in [-0.3, -0.25) is 0 Å². The minimum Gasteiger partial charge on any atom is -0.456 e. The van der Waals surface area contributed by atoms with Crippen molar-refractivity contribution in [3.8, 4) is 10.6 Å². The molecule has 9 aromatic rings. The van der Waals surface area contributed by atoms with Crippen LogP contribution in [0.5, 0.6) is 0 Å². The van der Waals surface area contributed by atoms with Gasteiger partial charge in [0.2, 0.25) is 0 Å². The number of nitrogens with zero attached hydrogens (tertiary/aromatic N) is 2. The quantitative estimate of drug-likeness (QED) is 0.211. The van der Waals surface area contributed by atoms with E-state index in [0.29, 0.717) is 0 Å². The van der Waals surface area contributed by atoms with Crippen LogP contribution >= 0.6 is 11.3 Å². The molecule has 202 valence electrons. The fourth-order valence-corrected chi connectivity index (χ4v) is 7.09. The number of hydrogen-bond donors (Lipinski definition) is 0. The smallest absolute Gasteiger partial charge is 0.136 e. The molecule has 0 atom stereocenters. The summed E-state index contributed by atoms with van der Waals surface area (Å²) in [6.45, 7) is 0. The van der Waals surface area contributed by atoms with E-state index in [1.54, 1.807) is 11.3 Å². The molecular weight excluding hydrogens is 545 g/mol. The number of aromatic nitrogens is 1. The highest BCUT2D eigenvalue weighted by atomic mass is 32.1. The van der Waals surface area contributed by atoms with Crippen LogP contribution in [0.2, 0.25) is 0 Å². The summed E-state index contributed by atoms with van der Waals surface area (Å²) in [6.07, 6.45) is 0. The molecular formula is C39H24N2OS. The zero-order valence-electron chi connectivity index (χ0n) is 23.1. The first-order valence-corrected chi connectivity index (χ1v) is 15.2. The van der Waals surface area contributed by atoms with Gasteiger partial charge in [0.15, 0.2) is 0 Å². The first kappa shape index (κ1) is 24.2. The SMILES string of the molecule is c1ccc(-c2nc3cc4c(cc3s2)oc2ccc(N(c3ccc5ccccc5c3)c3ccc5ccccc5c3)cc24)cc1. The molecule has 0 N–H and O–H groups in total. The zero-order chi connectivity index (χ0) is 28.3. The summed E-state index contributed by atoms with van der Waals surface area (Å²) in [4.78, 5) is 7.34. The molecule has 0 unspecified atom stereocenters. The van der Waals surface area contributed by atoms with Crippen LogP contribution in [-0.2, 0) is 0 Å². The summed E-state index contributed by atoms with van der Waals surface area (Å²) >= 11 is 1.70. The van der Waals surface area contributed by atoms with Gasteiger partial charge in [-0.15, -0.1) is 11.3 Å². The molecule has 4 heteroatoms. The molecule has 7 aromatic carbocycles. The molecule has 0 saturated heterocycles. The molecule has 0 saturated carbocycles. The molecule has 0 amide bonds. The number of benzene rings is 7. The standard InChI is InChI=1S/C39H24N2OS/c1-2-10-27(11-3-1)39-40-35-23-34-33-22-32(18-19-36(33)42-37(34)24-38(35)43-39)41(30-16-14-25-8-4-6-12-28(25)20-30)31-17-15-26-9-5-7-13-29(26)21-31/h1-24H. The van der Waals surface area contributed by atoms with E-state index in [9.17, 15) is 0 Å². The first-order chi connectivity index (χ1) is 21.3. The predicted molar refractivity (Wildman–Crippen MR) is 182 cm³/mol. The second-order valence-electron chi connectivity index (χ2n) is 10.9. The Morgan fingerprint density at radius 2 is 1.07 bits per heavy atom. The van der Waals surface area contributed by atoms with Crippen molar-refractivity contribution in [1.29, 1.82) is 0 Å². The topological polar surface area (TPSA) is 29.3 Å². The monoisotopic (exact) mass is 568 g/mol. The molecule has 0 bridgehead atoms. The summed E-state index contributed by atoms with van der Waals surface area (Å²) in [7, 11) is 0. The molecule has 0 aliphatic rings. The van der Waals surface area contributed by atoms with Crippen LogP contribution in [0, 0.1) is 0 Å². The van der Waals surface area contributed by atoms with E-state index < -0.39 is 0 Å². The number of hydrogen-bond acceptors (Lipinski definition) is 4. The largest absolute Gasteiger partial charge is 0.456 e. The molecule has 3 nitrogen and oxygen atoms in total. The average Bonchev–Trinajstić information content (AvgIpc) is 3.64. The Bertz CT molecular complexity index is 2390. The third-order valence-electron chi connectivity index (χ3n) is 8.22. The van der Waals surface area contributed by atoms with Crippen LogP contribution in [0.15, 0.2) is 150 Å². The van der Waals surface area contributed by atoms with Gasteiger partial charge in [0.1, 0.15) is 16.2 Å². The van der Waals surface area contributed by atoms with Gasteiger partial charge < -0.3 is 9.32 Å². The van der Waals surface area contributed by atoms with Gasteiger partial charge in [-0.25, -0.2) is 4.98 Å². The van der Waals surface area contributed by atoms with Gasteiger partial charge in [0, 0.05) is 39.5 Å². The number of thiazole rings is 1. The van der Waals surface area contributed by atoms with Crippen LogP contribution in [0.3, 0.4) is 0 Å². The number of rotatable bonds is 4. The minimum absolute atomic E-state index is 0.872. The Morgan fingerprint density at radius 1 is 0.488 bits per heavy atom. The maximum Gasteiger partial charge on any atom is 0.136 e. The fourth-order valence-electron chi connectivity index (χ4n) is 6.11. The van der Waals surface area contributed by atoms with Crippen molar-refractivity contribution in [3.05, 3.63) is 146 Å². The Kier molecular flexibility index (Phi) is 5.37. The van der Waals surface area contributed by atoms with Crippen molar-refractivity contribution in [2.75, 3.05) is 4.90 Å². The third-order valence-corrected chi connectivity index (χ3v) is 9.29. The van der Waals surface area contributed by atoms with E-state index in [0.717, 1.165) is 59.8 Å². The van der Waals surface area contributed by atoms with Crippen LogP contribution in [0.4, 0.5) is 17.1 Å². The predicted octanol–water partition coefficient (Wildman–Crippen LogP) is 11.6. The highest BCUT2D eigenvalue weighted by molar-refractivity contribution is 7.21. The molecule has 0 aliphatic heterocycles. The van der Waals surface area contributed by atoms with E-state index in [1.165, 1.54) is 21.5 Å². The highest BCUT2D eigenvalue weighted by Gasteiger charge is 2.18. The maximum absolute atomic E-state index is 6.40. The van der Waals surface area contributed by atoms with Crippen molar-refractivity contribution in [1.82, 2.24) is 4.98 Å². The summed E-state index contributed by atoms with van der Waals surface area (Å²) in [5.74, 6) is 0. The zero-order valence-corrected chi connectivity index (χ0v) is 23.9. The summed E-state index contributed by atoms with van der Waals surface area (Å²) < 4.78 is 7.52. The minimum atomic E-state index is 0.872. The van der Waals surface area contributed by atoms with Crippen molar-refractivity contribution in [2.45, 2.75) is 0 Å². The number of fused-ring (bicyclic) bond motifs is 6. The highest BCUT2D eigenvalue weighted by Crippen LogP contribution is 2.42. The molecule has 2 heterocycles. The summed E-state index contributed by atoms with van der Waals surface area (Å²) in [5, 5.41) is 8.04. The number of furan rings is 1. The lowest BCUT2D eigenvalue weighted by atomic mass is 10.1. The van der Waals surface area contributed by atoms with Crippen molar-refractivity contribution < 1.29 is 4.42 Å². The van der Waals surface area contributed by atoms with E-state index in [4.69, 9.17) is 9.40 Å². The molecule has 0 aliphatic carbocycles. The summed E-state index contributed by atoms with van der Waals surface area (Å²) in [6, 6.07) is 51.6. The second kappa shape index (κ2) is 9.55. The van der Waals surface area contributed by atoms with Gasteiger partial charge >= 0.3 is 0 Å². The van der Waals surface area contributed by atoms with Crippen molar-refractivity contribution >= 4 is 82.1 Å². The Balaban J connectivity index is 1.24. The third kappa shape index (κ3) is 4.07. The Hall–Kier alpha value is -5.45. The van der Waals surface area contributed by atoms with Gasteiger partial charge in [-0.05, 0) is 70.1 Å². The van der Waals surface area contributed by atoms with E-state index in [1.807, 2.05) is 6.07 Å². The average molecular weight is 569 g/mol. The molecule has 0 fully saturated rings. The Morgan fingerprint density at radius 3 is 1.77 bits per heavy atom. The lowest BCUT2D eigenvalue weighted by Crippen LogP contribution is -2.09. The van der Waals surface area contributed by atoms with E-state index in [2.05, 4.69) is 144 Å². The van der Waals surface area contributed by atoms with Crippen LogP contribution in [-0.4, -0.2) is 4.98 Å². The molecule has 0 radical (unpaired) electrons. The van der Waals surface area contributed by atoms with E-state index >= 15 is 0 Å². The lowest BCUT2D eigenvalue weighted by molar-refractivity contribution is 0.669. The molecule has 0 spiro atoms. The van der Waals surface area contributed by atoms with Crippen molar-refractivity contribution in [3.63, 3.8) is 0 Å². The van der Waals surface area contributed by atoms with Crippen LogP contribution < -0.4 is 4.90 Å². The first-order valence-electron chi connectivity index (χ1n) is 14.4. The lowest BCUT2D eigenvalue weighted by Gasteiger charge is -2.26. The number of anilines is 3. The Labute approximate surface area is 251 Å². The fraction of sp³-hybridized carbons (Fsp3) is 0. The van der Waals surface area contributed by atoms with Gasteiger partial charge in [0.05, 0.1) is 10.2 Å². The molecule has 2 aromatic heterocycles. The molecule has 43 heavy (non-hydrogen) atoms. The molecule has 9 rings (SSSR count). The normalized spacial score (nSPS) is 11.7. The van der Waals surface area contributed by atoms with Gasteiger partial charge in [0.25, 0.3) is 0 Å². The van der Waals surface area contributed by atoms with Crippen molar-refractivity contribution in [2.24, 2.45) is 0 Å². The van der Waals surface area contributed by atoms with Crippen LogP contribution in [0.1, 0.15) is 0 Å². The second-order valence-corrected chi connectivity index (χ2v) is 11.9. The summed E-state index contributed by atoms with van der Waals surface area (Å²) in [5.41, 5.74) is 7.16. The van der Waals surface area contributed by atoms with Crippen LogP contribution in [0.25, 0.3) is 64.3 Å². The maximum atomic E-state index is 6.40. The van der Waals surface area contributed by atoms with E-state index in [-0.39, 0.29) is 0 Å².